The van der Waals surface area contributed by atoms with Crippen molar-refractivity contribution in [2.24, 2.45) is 0 Å². The van der Waals surface area contributed by atoms with E-state index < -0.39 is 33.4 Å². The van der Waals surface area contributed by atoms with Gasteiger partial charge in [-0.2, -0.15) is 5.26 Å². The van der Waals surface area contributed by atoms with Crippen LogP contribution >= 0.6 is 0 Å². The number of sulfone groups is 1. The predicted molar refractivity (Wildman–Crippen MR) is 111 cm³/mol. The van der Waals surface area contributed by atoms with Crippen molar-refractivity contribution in [2.45, 2.75) is 11.8 Å². The molecule has 30 heavy (non-hydrogen) atoms. The number of amides is 1. The summed E-state index contributed by atoms with van der Waals surface area (Å²) in [5.74, 6) is -2.04. The van der Waals surface area contributed by atoms with E-state index in [1.54, 1.807) is 48.5 Å². The predicted octanol–water partition coefficient (Wildman–Crippen LogP) is 3.52. The van der Waals surface area contributed by atoms with Crippen molar-refractivity contribution in [2.75, 3.05) is 5.75 Å². The van der Waals surface area contributed by atoms with Crippen molar-refractivity contribution in [1.82, 2.24) is 5.32 Å². The van der Waals surface area contributed by atoms with E-state index in [9.17, 15) is 17.6 Å². The maximum absolute atomic E-state index is 13.3. The minimum Gasteiger partial charge on any atom is -0.344 e. The van der Waals surface area contributed by atoms with Gasteiger partial charge in [0.15, 0.2) is 9.84 Å². The van der Waals surface area contributed by atoms with Gasteiger partial charge in [-0.05, 0) is 41.0 Å². The first-order valence-electron chi connectivity index (χ1n) is 9.15. The van der Waals surface area contributed by atoms with Gasteiger partial charge in [-0.15, -0.1) is 0 Å². The third-order valence-corrected chi connectivity index (χ3v) is 5.94. The Morgan fingerprint density at radius 2 is 1.53 bits per heavy atom. The molecule has 0 saturated carbocycles. The van der Waals surface area contributed by atoms with Crippen LogP contribution in [0.4, 0.5) is 4.39 Å². The van der Waals surface area contributed by atoms with E-state index in [-0.39, 0.29) is 5.75 Å². The van der Waals surface area contributed by atoms with Gasteiger partial charge in [-0.1, -0.05) is 54.6 Å². The van der Waals surface area contributed by atoms with Crippen LogP contribution in [0, 0.1) is 17.1 Å². The Morgan fingerprint density at radius 3 is 2.13 bits per heavy atom. The number of hydrogen-bond donors (Lipinski definition) is 1. The molecule has 5 nitrogen and oxygen atoms in total. The second-order valence-corrected chi connectivity index (χ2v) is 8.87. The number of rotatable bonds is 7. The van der Waals surface area contributed by atoms with Crippen LogP contribution in [0.3, 0.4) is 0 Å². The van der Waals surface area contributed by atoms with Gasteiger partial charge < -0.3 is 5.32 Å². The van der Waals surface area contributed by atoms with E-state index in [1.807, 2.05) is 12.1 Å². The fraction of sp³-hybridized carbons (Fsp3) is 0.130. The van der Waals surface area contributed by atoms with Crippen LogP contribution in [0.15, 0.2) is 78.9 Å². The molecule has 0 radical (unpaired) electrons. The molecule has 0 aromatic heterocycles. The van der Waals surface area contributed by atoms with Crippen LogP contribution in [0.5, 0.6) is 0 Å². The number of carbonyl (C=O) groups excluding carboxylic acids is 1. The molecule has 0 bridgehead atoms. The Bertz CT molecular complexity index is 1150. The molecule has 1 atom stereocenters. The number of carbonyl (C=O) groups is 1. The number of nitrogens with zero attached hydrogens (tertiary/aromatic N) is 1. The van der Waals surface area contributed by atoms with Gasteiger partial charge in [0, 0.05) is 0 Å². The van der Waals surface area contributed by atoms with Crippen molar-refractivity contribution in [3.05, 3.63) is 107 Å². The summed E-state index contributed by atoms with van der Waals surface area (Å²) in [5, 5.41) is 11.6. The first kappa shape index (κ1) is 21.2. The zero-order valence-electron chi connectivity index (χ0n) is 16.0. The number of benzene rings is 3. The lowest BCUT2D eigenvalue weighted by atomic mass is 9.98. The van der Waals surface area contributed by atoms with Gasteiger partial charge in [0.05, 0.1) is 23.4 Å². The summed E-state index contributed by atoms with van der Waals surface area (Å²) in [7, 11) is -3.73. The highest BCUT2D eigenvalue weighted by molar-refractivity contribution is 7.91. The molecule has 3 rings (SSSR count). The third-order valence-electron chi connectivity index (χ3n) is 4.46. The first-order chi connectivity index (χ1) is 14.4. The van der Waals surface area contributed by atoms with E-state index in [1.165, 1.54) is 24.3 Å². The third kappa shape index (κ3) is 5.75. The van der Waals surface area contributed by atoms with E-state index >= 15 is 0 Å². The van der Waals surface area contributed by atoms with Crippen molar-refractivity contribution < 1.29 is 17.6 Å². The van der Waals surface area contributed by atoms with Crippen LogP contribution in [0.25, 0.3) is 0 Å². The van der Waals surface area contributed by atoms with E-state index in [4.69, 9.17) is 5.26 Å². The molecule has 0 aliphatic heterocycles. The van der Waals surface area contributed by atoms with Crippen LogP contribution in [-0.4, -0.2) is 20.1 Å². The Labute approximate surface area is 174 Å². The lowest BCUT2D eigenvalue weighted by Crippen LogP contribution is -2.34. The van der Waals surface area contributed by atoms with Crippen molar-refractivity contribution in [3.63, 3.8) is 0 Å². The highest BCUT2D eigenvalue weighted by Crippen LogP contribution is 2.22. The van der Waals surface area contributed by atoms with E-state index in [0.717, 1.165) is 5.56 Å². The normalized spacial score (nSPS) is 12.0. The molecule has 0 unspecified atom stereocenters. The van der Waals surface area contributed by atoms with Crippen LogP contribution in [0.2, 0.25) is 0 Å². The Balaban J connectivity index is 1.75. The van der Waals surface area contributed by atoms with E-state index in [0.29, 0.717) is 16.7 Å². The molecule has 7 heteroatoms. The minimum atomic E-state index is -3.73. The molecular formula is C23H19FN2O3S. The smallest absolute Gasteiger partial charge is 0.235 e. The number of nitriles is 1. The summed E-state index contributed by atoms with van der Waals surface area (Å²) >= 11 is 0. The lowest BCUT2D eigenvalue weighted by molar-refractivity contribution is -0.119. The van der Waals surface area contributed by atoms with Gasteiger partial charge in [0.2, 0.25) is 5.91 Å². The van der Waals surface area contributed by atoms with Crippen LogP contribution < -0.4 is 5.32 Å². The summed E-state index contributed by atoms with van der Waals surface area (Å²) in [6, 6.07) is 22.3. The summed E-state index contributed by atoms with van der Waals surface area (Å²) in [4.78, 5) is 12.6. The van der Waals surface area contributed by atoms with Crippen LogP contribution in [0.1, 0.15) is 28.3 Å². The first-order valence-corrected chi connectivity index (χ1v) is 11.0. The molecule has 152 valence electrons. The molecule has 0 saturated heterocycles. The fourth-order valence-electron chi connectivity index (χ4n) is 3.04. The maximum Gasteiger partial charge on any atom is 0.235 e. The molecule has 3 aromatic carbocycles. The second-order valence-electron chi connectivity index (χ2n) is 6.80. The summed E-state index contributed by atoms with van der Waals surface area (Å²) < 4.78 is 38.3. The Kier molecular flexibility index (Phi) is 6.60. The van der Waals surface area contributed by atoms with Gasteiger partial charge in [-0.3, -0.25) is 4.79 Å². The molecule has 0 aliphatic carbocycles. The van der Waals surface area contributed by atoms with E-state index in [2.05, 4.69) is 5.32 Å². The summed E-state index contributed by atoms with van der Waals surface area (Å²) in [5.41, 5.74) is 2.32. The lowest BCUT2D eigenvalue weighted by Gasteiger charge is -2.20. The number of halogens is 1. The highest BCUT2D eigenvalue weighted by atomic mass is 32.2. The average Bonchev–Trinajstić information content (AvgIpc) is 2.73. The van der Waals surface area contributed by atoms with Crippen molar-refractivity contribution in [1.29, 1.82) is 5.26 Å². The molecule has 0 heterocycles. The zero-order chi connectivity index (χ0) is 21.6. The summed E-state index contributed by atoms with van der Waals surface area (Å²) in [6.07, 6.45) is 0. The van der Waals surface area contributed by atoms with Gasteiger partial charge in [-0.25, -0.2) is 12.8 Å². The topological polar surface area (TPSA) is 87.0 Å². The maximum atomic E-state index is 13.3. The molecular weight excluding hydrogens is 403 g/mol. The average molecular weight is 422 g/mol. The molecule has 1 N–H and O–H groups in total. The van der Waals surface area contributed by atoms with Gasteiger partial charge in [0.25, 0.3) is 0 Å². The summed E-state index contributed by atoms with van der Waals surface area (Å²) in [6.45, 7) is 0. The quantitative estimate of drug-likeness (QED) is 0.631. The number of hydrogen-bond acceptors (Lipinski definition) is 4. The molecule has 0 fully saturated rings. The standard InChI is InChI=1S/C23H19FN2O3S/c24-21-12-10-20(11-13-21)23(19-4-2-1-3-5-19)26-22(27)16-30(28,29)15-18-8-6-17(14-25)7-9-18/h1-13,23H,15-16H2,(H,26,27)/t23-/m1/s1. The Hall–Kier alpha value is -3.50. The van der Waals surface area contributed by atoms with Crippen molar-refractivity contribution in [3.8, 4) is 6.07 Å². The fourth-order valence-corrected chi connectivity index (χ4v) is 4.33. The molecule has 0 aliphatic rings. The molecule has 0 spiro atoms. The van der Waals surface area contributed by atoms with Gasteiger partial charge >= 0.3 is 0 Å². The molecule has 1 amide bonds. The highest BCUT2D eigenvalue weighted by Gasteiger charge is 2.22. The van der Waals surface area contributed by atoms with Gasteiger partial charge in [0.1, 0.15) is 11.6 Å². The van der Waals surface area contributed by atoms with Crippen LogP contribution in [-0.2, 0) is 20.4 Å². The molecule has 3 aromatic rings. The Morgan fingerprint density at radius 1 is 0.933 bits per heavy atom. The van der Waals surface area contributed by atoms with Crippen molar-refractivity contribution >= 4 is 15.7 Å². The number of nitrogens with one attached hydrogen (secondary N) is 1. The largest absolute Gasteiger partial charge is 0.344 e. The SMILES string of the molecule is N#Cc1ccc(CS(=O)(=O)CC(=O)N[C@H](c2ccccc2)c2ccc(F)cc2)cc1. The zero-order valence-corrected chi connectivity index (χ0v) is 16.8. The minimum absolute atomic E-state index is 0.307. The monoisotopic (exact) mass is 422 g/mol. The second kappa shape index (κ2) is 9.33.